The summed E-state index contributed by atoms with van der Waals surface area (Å²) < 4.78 is 2.34. The molecule has 25 heavy (non-hydrogen) atoms. The maximum absolute atomic E-state index is 4.34. The zero-order valence-electron chi connectivity index (χ0n) is 15.2. The van der Waals surface area contributed by atoms with Crippen LogP contribution in [0.3, 0.4) is 0 Å². The van der Waals surface area contributed by atoms with Gasteiger partial charge in [0.05, 0.1) is 6.33 Å². The number of benzene rings is 2. The summed E-state index contributed by atoms with van der Waals surface area (Å²) in [6, 6.07) is 15.6. The molecule has 1 aromatic heterocycles. The Morgan fingerprint density at radius 3 is 2.60 bits per heavy atom. The molecule has 2 heteroatoms. The molecule has 1 saturated carbocycles. The lowest BCUT2D eigenvalue weighted by molar-refractivity contribution is 0.203. The predicted molar refractivity (Wildman–Crippen MR) is 105 cm³/mol. The molecule has 3 aromatic rings. The monoisotopic (exact) mass is 332 g/mol. The molecular weight excluding hydrogens is 304 g/mol. The van der Waals surface area contributed by atoms with Gasteiger partial charge in [0, 0.05) is 17.9 Å². The van der Waals surface area contributed by atoms with Gasteiger partial charge in [0.15, 0.2) is 0 Å². The van der Waals surface area contributed by atoms with E-state index in [1.54, 1.807) is 0 Å². The van der Waals surface area contributed by atoms with E-state index in [2.05, 4.69) is 65.1 Å². The van der Waals surface area contributed by atoms with Crippen LogP contribution < -0.4 is 0 Å². The molecule has 0 aliphatic heterocycles. The van der Waals surface area contributed by atoms with E-state index in [9.17, 15) is 0 Å². The normalized spacial score (nSPS) is 18.3. The first-order valence-corrected chi connectivity index (χ1v) is 9.69. The molecule has 1 aliphatic rings. The topological polar surface area (TPSA) is 17.8 Å². The van der Waals surface area contributed by atoms with Crippen molar-refractivity contribution in [2.75, 3.05) is 0 Å². The maximum atomic E-state index is 4.34. The molecule has 0 radical (unpaired) electrons. The summed E-state index contributed by atoms with van der Waals surface area (Å²) in [5.74, 6) is 0.849. The highest BCUT2D eigenvalue weighted by atomic mass is 15.1. The van der Waals surface area contributed by atoms with Crippen molar-refractivity contribution >= 4 is 10.8 Å². The van der Waals surface area contributed by atoms with Gasteiger partial charge in [0.1, 0.15) is 0 Å². The van der Waals surface area contributed by atoms with Crippen molar-refractivity contribution in [2.24, 2.45) is 5.92 Å². The molecule has 4 rings (SSSR count). The Labute approximate surface area is 150 Å². The smallest absolute Gasteiger partial charge is 0.0951 e. The highest BCUT2D eigenvalue weighted by molar-refractivity contribution is 5.83. The third-order valence-electron chi connectivity index (χ3n) is 5.98. The van der Waals surface area contributed by atoms with Crippen LogP contribution in [0.4, 0.5) is 0 Å². The lowest BCUT2D eigenvalue weighted by Gasteiger charge is -2.36. The molecule has 1 heterocycles. The Hall–Kier alpha value is -2.09. The molecular formula is C23H28N2. The fraction of sp³-hybridized carbons (Fsp3) is 0.435. The zero-order chi connectivity index (χ0) is 17.1. The van der Waals surface area contributed by atoms with Gasteiger partial charge in [0.25, 0.3) is 0 Å². The minimum atomic E-state index is 0.0982. The molecule has 0 N–H and O–H groups in total. The van der Waals surface area contributed by atoms with Gasteiger partial charge in [0.2, 0.25) is 0 Å². The van der Waals surface area contributed by atoms with Gasteiger partial charge in [-0.3, -0.25) is 0 Å². The van der Waals surface area contributed by atoms with E-state index in [-0.39, 0.29) is 5.54 Å². The van der Waals surface area contributed by atoms with Crippen LogP contribution in [0.2, 0.25) is 0 Å². The van der Waals surface area contributed by atoms with Crippen molar-refractivity contribution in [3.63, 3.8) is 0 Å². The van der Waals surface area contributed by atoms with Crippen molar-refractivity contribution in [1.82, 2.24) is 9.55 Å². The summed E-state index contributed by atoms with van der Waals surface area (Å²) in [4.78, 5) is 4.34. The van der Waals surface area contributed by atoms with Gasteiger partial charge in [-0.2, -0.15) is 0 Å². The number of aromatic nitrogens is 2. The average molecular weight is 332 g/mol. The number of fused-ring (bicyclic) bond motifs is 1. The van der Waals surface area contributed by atoms with E-state index in [4.69, 9.17) is 0 Å². The van der Waals surface area contributed by atoms with Gasteiger partial charge in [-0.25, -0.2) is 4.98 Å². The highest BCUT2D eigenvalue weighted by Crippen LogP contribution is 2.36. The minimum Gasteiger partial charge on any atom is -0.331 e. The maximum Gasteiger partial charge on any atom is 0.0951 e. The number of hydrogen-bond acceptors (Lipinski definition) is 1. The predicted octanol–water partition coefficient (Wildman–Crippen LogP) is 5.96. The molecule has 1 aliphatic carbocycles. The van der Waals surface area contributed by atoms with Gasteiger partial charge in [-0.15, -0.1) is 0 Å². The molecule has 130 valence electrons. The number of nitrogens with zero attached hydrogens (tertiary/aromatic N) is 2. The molecule has 0 bridgehead atoms. The summed E-state index contributed by atoms with van der Waals surface area (Å²) in [6.45, 7) is 2.42. The van der Waals surface area contributed by atoms with Crippen LogP contribution in [0.1, 0.15) is 51.0 Å². The second kappa shape index (κ2) is 7.03. The van der Waals surface area contributed by atoms with E-state index >= 15 is 0 Å². The standard InChI is InChI=1S/C23H28N2/c1-23(25-14-13-24-18-25,16-19-7-3-2-4-8-19)17-20-11-12-21-9-5-6-10-22(21)15-20/h5-6,9-15,18-19H,2-4,7-8,16-17H2,1H3. The number of rotatable bonds is 5. The van der Waals surface area contributed by atoms with Crippen LogP contribution in [-0.4, -0.2) is 9.55 Å². The summed E-state index contributed by atoms with van der Waals surface area (Å²) >= 11 is 0. The fourth-order valence-corrected chi connectivity index (χ4v) is 4.65. The third-order valence-corrected chi connectivity index (χ3v) is 5.98. The first-order chi connectivity index (χ1) is 12.2. The van der Waals surface area contributed by atoms with Gasteiger partial charge in [-0.1, -0.05) is 74.6 Å². The molecule has 1 fully saturated rings. The Kier molecular flexibility index (Phi) is 4.61. The summed E-state index contributed by atoms with van der Waals surface area (Å²) in [6.07, 6.45) is 15.4. The van der Waals surface area contributed by atoms with E-state index in [1.165, 1.54) is 54.9 Å². The number of hydrogen-bond donors (Lipinski definition) is 0. The number of imidazole rings is 1. The Morgan fingerprint density at radius 2 is 1.84 bits per heavy atom. The quantitative estimate of drug-likeness (QED) is 0.563. The second-order valence-electron chi connectivity index (χ2n) is 8.03. The first-order valence-electron chi connectivity index (χ1n) is 9.69. The summed E-state index contributed by atoms with van der Waals surface area (Å²) in [5.41, 5.74) is 1.52. The second-order valence-corrected chi connectivity index (χ2v) is 8.03. The molecule has 2 nitrogen and oxygen atoms in total. The lowest BCUT2D eigenvalue weighted by Crippen LogP contribution is -2.34. The first kappa shape index (κ1) is 16.4. The van der Waals surface area contributed by atoms with E-state index < -0.39 is 0 Å². The van der Waals surface area contributed by atoms with Crippen LogP contribution in [0, 0.1) is 5.92 Å². The Morgan fingerprint density at radius 1 is 1.04 bits per heavy atom. The van der Waals surface area contributed by atoms with Crippen molar-refractivity contribution < 1.29 is 0 Å². The van der Waals surface area contributed by atoms with Crippen LogP contribution >= 0.6 is 0 Å². The van der Waals surface area contributed by atoms with Crippen molar-refractivity contribution in [2.45, 2.75) is 57.4 Å². The van der Waals surface area contributed by atoms with Crippen LogP contribution in [0.25, 0.3) is 10.8 Å². The summed E-state index contributed by atoms with van der Waals surface area (Å²) in [5, 5.41) is 2.66. The van der Waals surface area contributed by atoms with Gasteiger partial charge >= 0.3 is 0 Å². The SMILES string of the molecule is CC(Cc1ccc2ccccc2c1)(CC1CCCCC1)n1ccnc1. The molecule has 0 amide bonds. The zero-order valence-corrected chi connectivity index (χ0v) is 15.2. The minimum absolute atomic E-state index is 0.0982. The van der Waals surface area contributed by atoms with E-state index in [0.29, 0.717) is 0 Å². The Balaban J connectivity index is 1.62. The van der Waals surface area contributed by atoms with E-state index in [0.717, 1.165) is 12.3 Å². The molecule has 0 spiro atoms. The average Bonchev–Trinajstić information content (AvgIpc) is 3.18. The van der Waals surface area contributed by atoms with Crippen molar-refractivity contribution in [3.05, 3.63) is 66.7 Å². The molecule has 2 aromatic carbocycles. The van der Waals surface area contributed by atoms with Crippen LogP contribution in [0.5, 0.6) is 0 Å². The van der Waals surface area contributed by atoms with Crippen LogP contribution in [-0.2, 0) is 12.0 Å². The van der Waals surface area contributed by atoms with Gasteiger partial charge < -0.3 is 4.57 Å². The fourth-order valence-electron chi connectivity index (χ4n) is 4.65. The highest BCUT2D eigenvalue weighted by Gasteiger charge is 2.30. The largest absolute Gasteiger partial charge is 0.331 e. The molecule has 0 saturated heterocycles. The Bertz CT molecular complexity index is 815. The van der Waals surface area contributed by atoms with E-state index in [1.807, 2.05) is 12.5 Å². The van der Waals surface area contributed by atoms with Crippen molar-refractivity contribution in [1.29, 1.82) is 0 Å². The van der Waals surface area contributed by atoms with Gasteiger partial charge in [-0.05, 0) is 42.0 Å². The molecule has 1 atom stereocenters. The molecule has 1 unspecified atom stereocenters. The van der Waals surface area contributed by atoms with Crippen molar-refractivity contribution in [3.8, 4) is 0 Å². The summed E-state index contributed by atoms with van der Waals surface area (Å²) in [7, 11) is 0. The van der Waals surface area contributed by atoms with Crippen LogP contribution in [0.15, 0.2) is 61.2 Å². The lowest BCUT2D eigenvalue weighted by atomic mass is 9.77. The third kappa shape index (κ3) is 3.63.